The molecular formula is C11H22N2O3. The molecule has 0 unspecified atom stereocenters. The predicted octanol–water partition coefficient (Wildman–Crippen LogP) is 0.219. The van der Waals surface area contributed by atoms with Gasteiger partial charge in [-0.05, 0) is 38.0 Å². The van der Waals surface area contributed by atoms with E-state index in [9.17, 15) is 4.79 Å². The molecule has 1 aliphatic carbocycles. The predicted molar refractivity (Wildman–Crippen MR) is 61.1 cm³/mol. The minimum atomic E-state index is -0.164. The van der Waals surface area contributed by atoms with Crippen molar-refractivity contribution in [3.8, 4) is 0 Å². The summed E-state index contributed by atoms with van der Waals surface area (Å²) in [6.45, 7) is 0.868. The fraction of sp³-hybridized carbons (Fsp3) is 0.909. The zero-order chi connectivity index (χ0) is 11.8. The summed E-state index contributed by atoms with van der Waals surface area (Å²) in [7, 11) is 0. The lowest BCUT2D eigenvalue weighted by molar-refractivity contribution is 0.224. The van der Waals surface area contributed by atoms with Crippen LogP contribution in [0.25, 0.3) is 0 Å². The first kappa shape index (κ1) is 13.3. The monoisotopic (exact) mass is 230 g/mol. The van der Waals surface area contributed by atoms with Gasteiger partial charge in [-0.2, -0.15) is 0 Å². The van der Waals surface area contributed by atoms with E-state index in [-0.39, 0.29) is 25.3 Å². The van der Waals surface area contributed by atoms with Crippen molar-refractivity contribution in [1.82, 2.24) is 10.6 Å². The smallest absolute Gasteiger partial charge is 0.315 e. The van der Waals surface area contributed by atoms with Crippen LogP contribution in [0.4, 0.5) is 4.79 Å². The van der Waals surface area contributed by atoms with Crippen molar-refractivity contribution in [2.24, 2.45) is 5.92 Å². The quantitative estimate of drug-likeness (QED) is 0.450. The third-order valence-electron chi connectivity index (χ3n) is 2.82. The van der Waals surface area contributed by atoms with Crippen LogP contribution in [0.1, 0.15) is 32.1 Å². The Morgan fingerprint density at radius 2 is 2.00 bits per heavy atom. The number of hydrogen-bond donors (Lipinski definition) is 4. The van der Waals surface area contributed by atoms with Crippen LogP contribution in [0.15, 0.2) is 0 Å². The van der Waals surface area contributed by atoms with E-state index in [1.807, 2.05) is 0 Å². The summed E-state index contributed by atoms with van der Waals surface area (Å²) in [5.74, 6) is 0.551. The Bertz CT molecular complexity index is 207. The summed E-state index contributed by atoms with van der Waals surface area (Å²) in [5, 5.41) is 23.1. The third-order valence-corrected chi connectivity index (χ3v) is 2.82. The van der Waals surface area contributed by atoms with E-state index >= 15 is 0 Å². The number of nitrogens with one attached hydrogen (secondary N) is 2. The molecule has 5 heteroatoms. The van der Waals surface area contributed by atoms with Crippen LogP contribution in [0.3, 0.4) is 0 Å². The van der Waals surface area contributed by atoms with Crippen molar-refractivity contribution in [3.63, 3.8) is 0 Å². The maximum absolute atomic E-state index is 11.5. The molecule has 2 amide bonds. The summed E-state index contributed by atoms with van der Waals surface area (Å²) in [6, 6.07) is -0.0499. The summed E-state index contributed by atoms with van der Waals surface area (Å²) in [6.07, 6.45) is 4.43. The number of amides is 2. The van der Waals surface area contributed by atoms with Gasteiger partial charge in [0.25, 0.3) is 0 Å². The standard InChI is InChI=1S/C11H22N2O3/c14-7-2-1-6-12-11(16)13-10(5-8-15)9-3-4-9/h9-10,14-15H,1-8H2,(H2,12,13,16)/t10-/m1/s1. The lowest BCUT2D eigenvalue weighted by atomic mass is 10.1. The average molecular weight is 230 g/mol. The summed E-state index contributed by atoms with van der Waals surface area (Å²) in [5.41, 5.74) is 0. The van der Waals surface area contributed by atoms with Gasteiger partial charge in [0.15, 0.2) is 0 Å². The molecule has 1 fully saturated rings. The Hall–Kier alpha value is -0.810. The van der Waals surface area contributed by atoms with E-state index in [0.29, 0.717) is 25.3 Å². The number of rotatable bonds is 8. The molecule has 94 valence electrons. The highest BCUT2D eigenvalue weighted by Gasteiger charge is 2.31. The Labute approximate surface area is 96.2 Å². The molecule has 1 atom stereocenters. The highest BCUT2D eigenvalue weighted by atomic mass is 16.3. The molecule has 1 saturated carbocycles. The summed E-state index contributed by atoms with van der Waals surface area (Å²) >= 11 is 0. The van der Waals surface area contributed by atoms with E-state index in [0.717, 1.165) is 19.3 Å². The van der Waals surface area contributed by atoms with Crippen LogP contribution < -0.4 is 10.6 Å². The molecule has 0 bridgehead atoms. The fourth-order valence-electron chi connectivity index (χ4n) is 1.72. The van der Waals surface area contributed by atoms with Gasteiger partial charge in [0.05, 0.1) is 0 Å². The summed E-state index contributed by atoms with van der Waals surface area (Å²) < 4.78 is 0. The molecule has 0 heterocycles. The number of aliphatic hydroxyl groups is 2. The van der Waals surface area contributed by atoms with Gasteiger partial charge in [0, 0.05) is 25.8 Å². The molecule has 0 saturated heterocycles. The molecule has 0 aromatic carbocycles. The molecule has 1 rings (SSSR count). The van der Waals surface area contributed by atoms with Crippen LogP contribution in [-0.4, -0.2) is 42.0 Å². The maximum Gasteiger partial charge on any atom is 0.315 e. The highest BCUT2D eigenvalue weighted by molar-refractivity contribution is 5.74. The van der Waals surface area contributed by atoms with Crippen molar-refractivity contribution in [3.05, 3.63) is 0 Å². The van der Waals surface area contributed by atoms with Gasteiger partial charge < -0.3 is 20.8 Å². The van der Waals surface area contributed by atoms with Crippen molar-refractivity contribution < 1.29 is 15.0 Å². The molecule has 0 aromatic rings. The average Bonchev–Trinajstić information content (AvgIpc) is 3.07. The van der Waals surface area contributed by atoms with E-state index in [2.05, 4.69) is 10.6 Å². The van der Waals surface area contributed by atoms with Crippen LogP contribution >= 0.6 is 0 Å². The van der Waals surface area contributed by atoms with Crippen LogP contribution in [0.5, 0.6) is 0 Å². The lowest BCUT2D eigenvalue weighted by Crippen LogP contribution is -2.43. The van der Waals surface area contributed by atoms with Crippen molar-refractivity contribution >= 4 is 6.03 Å². The maximum atomic E-state index is 11.5. The van der Waals surface area contributed by atoms with Gasteiger partial charge in [-0.15, -0.1) is 0 Å². The van der Waals surface area contributed by atoms with Crippen LogP contribution in [-0.2, 0) is 0 Å². The molecule has 0 aromatic heterocycles. The molecule has 0 radical (unpaired) electrons. The number of aliphatic hydroxyl groups excluding tert-OH is 2. The number of carbonyl (C=O) groups excluding carboxylic acids is 1. The second kappa shape index (κ2) is 7.46. The van der Waals surface area contributed by atoms with Gasteiger partial charge in [0.2, 0.25) is 0 Å². The van der Waals surface area contributed by atoms with Crippen molar-refractivity contribution in [1.29, 1.82) is 0 Å². The zero-order valence-electron chi connectivity index (χ0n) is 9.61. The van der Waals surface area contributed by atoms with Gasteiger partial charge in [-0.25, -0.2) is 4.79 Å². The van der Waals surface area contributed by atoms with Gasteiger partial charge in [-0.1, -0.05) is 0 Å². The summed E-state index contributed by atoms with van der Waals surface area (Å²) in [4.78, 5) is 11.5. The lowest BCUT2D eigenvalue weighted by Gasteiger charge is -2.17. The molecule has 16 heavy (non-hydrogen) atoms. The third kappa shape index (κ3) is 5.32. The molecule has 1 aliphatic rings. The van der Waals surface area contributed by atoms with E-state index in [1.165, 1.54) is 0 Å². The molecule has 0 aliphatic heterocycles. The Morgan fingerprint density at radius 3 is 2.56 bits per heavy atom. The Balaban J connectivity index is 2.10. The number of unbranched alkanes of at least 4 members (excludes halogenated alkanes) is 1. The van der Waals surface area contributed by atoms with Crippen molar-refractivity contribution in [2.45, 2.75) is 38.1 Å². The normalized spacial score (nSPS) is 16.9. The molecular weight excluding hydrogens is 208 g/mol. The topological polar surface area (TPSA) is 81.6 Å². The van der Waals surface area contributed by atoms with E-state index < -0.39 is 0 Å². The minimum absolute atomic E-state index is 0.114. The first-order valence-electron chi connectivity index (χ1n) is 6.04. The molecule has 4 N–H and O–H groups in total. The van der Waals surface area contributed by atoms with Gasteiger partial charge in [-0.3, -0.25) is 0 Å². The van der Waals surface area contributed by atoms with Crippen molar-refractivity contribution in [2.75, 3.05) is 19.8 Å². The second-order valence-corrected chi connectivity index (χ2v) is 4.29. The van der Waals surface area contributed by atoms with Gasteiger partial charge >= 0.3 is 6.03 Å². The molecule has 5 nitrogen and oxygen atoms in total. The first-order valence-corrected chi connectivity index (χ1v) is 6.04. The highest BCUT2D eigenvalue weighted by Crippen LogP contribution is 2.33. The molecule has 0 spiro atoms. The minimum Gasteiger partial charge on any atom is -0.396 e. The Morgan fingerprint density at radius 1 is 1.25 bits per heavy atom. The zero-order valence-corrected chi connectivity index (χ0v) is 9.61. The number of hydrogen-bond acceptors (Lipinski definition) is 3. The van der Waals surface area contributed by atoms with Crippen LogP contribution in [0, 0.1) is 5.92 Å². The van der Waals surface area contributed by atoms with E-state index in [4.69, 9.17) is 10.2 Å². The van der Waals surface area contributed by atoms with E-state index in [1.54, 1.807) is 0 Å². The fourth-order valence-corrected chi connectivity index (χ4v) is 1.72. The first-order chi connectivity index (χ1) is 7.77. The largest absolute Gasteiger partial charge is 0.396 e. The number of urea groups is 1. The second-order valence-electron chi connectivity index (χ2n) is 4.29. The number of carbonyl (C=O) groups is 1. The SMILES string of the molecule is O=C(NCCCCO)N[C@H](CCO)C1CC1. The Kier molecular flexibility index (Phi) is 6.18. The van der Waals surface area contributed by atoms with Crippen LogP contribution in [0.2, 0.25) is 0 Å². The van der Waals surface area contributed by atoms with Gasteiger partial charge in [0.1, 0.15) is 0 Å².